The van der Waals surface area contributed by atoms with Gasteiger partial charge in [-0.05, 0) is 45.0 Å². The van der Waals surface area contributed by atoms with E-state index in [1.165, 1.54) is 18.3 Å². The van der Waals surface area contributed by atoms with E-state index in [-0.39, 0.29) is 33.1 Å². The van der Waals surface area contributed by atoms with Crippen LogP contribution >= 0.6 is 11.6 Å². The molecule has 0 amide bonds. The first-order valence-electron chi connectivity index (χ1n) is 8.05. The molecule has 0 N–H and O–H groups in total. The van der Waals surface area contributed by atoms with Gasteiger partial charge in [0.05, 0.1) is 22.8 Å². The molecule has 3 aromatic rings. The third-order valence-electron chi connectivity index (χ3n) is 3.52. The van der Waals surface area contributed by atoms with E-state index in [9.17, 15) is 18.0 Å². The second kappa shape index (κ2) is 6.97. The number of aromatic nitrogens is 4. The van der Waals surface area contributed by atoms with Crippen molar-refractivity contribution in [3.05, 3.63) is 46.9 Å². The summed E-state index contributed by atoms with van der Waals surface area (Å²) in [6.07, 6.45) is -3.23. The van der Waals surface area contributed by atoms with Crippen molar-refractivity contribution in [3.63, 3.8) is 0 Å². The van der Waals surface area contributed by atoms with Gasteiger partial charge in [-0.2, -0.15) is 18.3 Å². The first-order valence-corrected chi connectivity index (χ1v) is 8.43. The standard InChI is InChI=1S/C18H14ClF3N4O2/c1-17(2,3)28-16(27)14-10(6-7-23-26-14)13-15(19)25-11-5-4-9(18(20,21)22)8-12(11)24-13/h4-8H,1-3H3. The number of carbonyl (C=O) groups excluding carboxylic acids is 1. The van der Waals surface area contributed by atoms with E-state index in [1.54, 1.807) is 20.8 Å². The number of benzene rings is 1. The Morgan fingerprint density at radius 3 is 2.43 bits per heavy atom. The molecule has 0 bridgehead atoms. The highest BCUT2D eigenvalue weighted by Gasteiger charge is 2.31. The maximum Gasteiger partial charge on any atom is 0.416 e. The van der Waals surface area contributed by atoms with Crippen molar-refractivity contribution in [2.24, 2.45) is 0 Å². The highest BCUT2D eigenvalue weighted by atomic mass is 35.5. The summed E-state index contributed by atoms with van der Waals surface area (Å²) >= 11 is 6.18. The van der Waals surface area contributed by atoms with Crippen molar-refractivity contribution in [1.29, 1.82) is 0 Å². The van der Waals surface area contributed by atoms with Crippen LogP contribution in [0.15, 0.2) is 30.5 Å². The van der Waals surface area contributed by atoms with Gasteiger partial charge in [-0.1, -0.05) is 11.6 Å². The summed E-state index contributed by atoms with van der Waals surface area (Å²) in [4.78, 5) is 20.7. The van der Waals surface area contributed by atoms with Crippen LogP contribution in [0.5, 0.6) is 0 Å². The lowest BCUT2D eigenvalue weighted by Gasteiger charge is -2.19. The largest absolute Gasteiger partial charge is 0.455 e. The van der Waals surface area contributed by atoms with E-state index in [1.807, 2.05) is 0 Å². The molecule has 10 heteroatoms. The molecule has 28 heavy (non-hydrogen) atoms. The number of esters is 1. The highest BCUT2D eigenvalue weighted by molar-refractivity contribution is 6.32. The van der Waals surface area contributed by atoms with Crippen molar-refractivity contribution in [1.82, 2.24) is 20.2 Å². The average Bonchev–Trinajstić information content (AvgIpc) is 2.58. The summed E-state index contributed by atoms with van der Waals surface area (Å²) < 4.78 is 44.3. The summed E-state index contributed by atoms with van der Waals surface area (Å²) in [7, 11) is 0. The zero-order chi connectivity index (χ0) is 20.7. The Kier molecular flexibility index (Phi) is 4.97. The lowest BCUT2D eigenvalue weighted by molar-refractivity contribution is -0.137. The van der Waals surface area contributed by atoms with Gasteiger partial charge in [-0.15, -0.1) is 5.10 Å². The Labute approximate surface area is 162 Å². The van der Waals surface area contributed by atoms with Gasteiger partial charge in [-0.25, -0.2) is 14.8 Å². The predicted molar refractivity (Wildman–Crippen MR) is 95.7 cm³/mol. The summed E-state index contributed by atoms with van der Waals surface area (Å²) in [5.41, 5.74) is -1.51. The maximum absolute atomic E-state index is 13.0. The van der Waals surface area contributed by atoms with Crippen LogP contribution < -0.4 is 0 Å². The molecule has 146 valence electrons. The molecular formula is C18H14ClF3N4O2. The monoisotopic (exact) mass is 410 g/mol. The molecule has 0 saturated heterocycles. The Bertz CT molecular complexity index is 1060. The molecule has 0 spiro atoms. The fourth-order valence-corrected chi connectivity index (χ4v) is 2.62. The molecule has 0 aliphatic heterocycles. The van der Waals surface area contributed by atoms with E-state index in [0.717, 1.165) is 12.1 Å². The van der Waals surface area contributed by atoms with Crippen molar-refractivity contribution in [2.45, 2.75) is 32.5 Å². The van der Waals surface area contributed by atoms with E-state index in [0.29, 0.717) is 0 Å². The van der Waals surface area contributed by atoms with Gasteiger partial charge in [0.15, 0.2) is 10.8 Å². The molecule has 2 heterocycles. The molecule has 3 rings (SSSR count). The van der Waals surface area contributed by atoms with E-state index < -0.39 is 23.3 Å². The number of alkyl halides is 3. The van der Waals surface area contributed by atoms with Gasteiger partial charge in [-0.3, -0.25) is 0 Å². The first kappa shape index (κ1) is 19.9. The van der Waals surface area contributed by atoms with Crippen LogP contribution in [0.1, 0.15) is 36.8 Å². The Balaban J connectivity index is 2.16. The fraction of sp³-hybridized carbons (Fsp3) is 0.278. The third-order valence-corrected chi connectivity index (χ3v) is 3.78. The van der Waals surface area contributed by atoms with Gasteiger partial charge in [0.25, 0.3) is 0 Å². The predicted octanol–water partition coefficient (Wildman–Crippen LogP) is 4.71. The summed E-state index contributed by atoms with van der Waals surface area (Å²) in [6, 6.07) is 4.36. The minimum Gasteiger partial charge on any atom is -0.455 e. The van der Waals surface area contributed by atoms with E-state index in [2.05, 4.69) is 20.2 Å². The summed E-state index contributed by atoms with van der Waals surface area (Å²) in [6.45, 7) is 5.05. The molecule has 0 fully saturated rings. The molecule has 0 atom stereocenters. The molecule has 0 saturated carbocycles. The van der Waals surface area contributed by atoms with Gasteiger partial charge >= 0.3 is 12.1 Å². The second-order valence-electron chi connectivity index (χ2n) is 6.86. The average molecular weight is 411 g/mol. The van der Waals surface area contributed by atoms with Crippen LogP contribution in [-0.2, 0) is 10.9 Å². The summed E-state index contributed by atoms with van der Waals surface area (Å²) in [5.74, 6) is -0.766. The van der Waals surface area contributed by atoms with Crippen LogP contribution in [0.3, 0.4) is 0 Å². The number of halogens is 4. The Morgan fingerprint density at radius 2 is 1.79 bits per heavy atom. The lowest BCUT2D eigenvalue weighted by Crippen LogP contribution is -2.25. The van der Waals surface area contributed by atoms with Crippen molar-refractivity contribution in [3.8, 4) is 11.3 Å². The van der Waals surface area contributed by atoms with Crippen LogP contribution in [-0.4, -0.2) is 31.7 Å². The third kappa shape index (κ3) is 4.19. The Morgan fingerprint density at radius 1 is 1.07 bits per heavy atom. The molecule has 1 aromatic carbocycles. The van der Waals surface area contributed by atoms with Crippen molar-refractivity contribution >= 4 is 28.6 Å². The van der Waals surface area contributed by atoms with Gasteiger partial charge in [0.1, 0.15) is 11.3 Å². The lowest BCUT2D eigenvalue weighted by atomic mass is 10.1. The SMILES string of the molecule is CC(C)(C)OC(=O)c1nnccc1-c1nc2cc(C(F)(F)F)ccc2nc1Cl. The number of hydrogen-bond donors (Lipinski definition) is 0. The molecular weight excluding hydrogens is 397 g/mol. The van der Waals surface area contributed by atoms with Crippen LogP contribution in [0, 0.1) is 0 Å². The number of nitrogens with zero attached hydrogens (tertiary/aromatic N) is 4. The van der Waals surface area contributed by atoms with Gasteiger partial charge in [0, 0.05) is 5.56 Å². The fourth-order valence-electron chi connectivity index (χ4n) is 2.38. The Hall–Kier alpha value is -2.81. The normalized spacial score (nSPS) is 12.2. The molecule has 2 aromatic heterocycles. The minimum atomic E-state index is -4.53. The second-order valence-corrected chi connectivity index (χ2v) is 7.22. The maximum atomic E-state index is 13.0. The zero-order valence-corrected chi connectivity index (χ0v) is 15.8. The smallest absolute Gasteiger partial charge is 0.416 e. The number of fused-ring (bicyclic) bond motifs is 1. The summed E-state index contributed by atoms with van der Waals surface area (Å²) in [5, 5.41) is 7.36. The van der Waals surface area contributed by atoms with Gasteiger partial charge < -0.3 is 4.74 Å². The molecule has 0 unspecified atom stereocenters. The number of carbonyl (C=O) groups is 1. The minimum absolute atomic E-state index is 0.00394. The molecule has 0 radical (unpaired) electrons. The van der Waals surface area contributed by atoms with Crippen molar-refractivity contribution < 1.29 is 22.7 Å². The highest BCUT2D eigenvalue weighted by Crippen LogP contribution is 2.33. The van der Waals surface area contributed by atoms with Gasteiger partial charge in [0.2, 0.25) is 0 Å². The van der Waals surface area contributed by atoms with Crippen LogP contribution in [0.4, 0.5) is 13.2 Å². The topological polar surface area (TPSA) is 77.9 Å². The molecule has 0 aliphatic rings. The van der Waals surface area contributed by atoms with Crippen LogP contribution in [0.2, 0.25) is 5.15 Å². The number of ether oxygens (including phenoxy) is 1. The quantitative estimate of drug-likeness (QED) is 0.569. The number of rotatable bonds is 2. The van der Waals surface area contributed by atoms with Crippen molar-refractivity contribution in [2.75, 3.05) is 0 Å². The van der Waals surface area contributed by atoms with E-state index in [4.69, 9.17) is 16.3 Å². The molecule has 0 aliphatic carbocycles. The zero-order valence-electron chi connectivity index (χ0n) is 15.0. The van der Waals surface area contributed by atoms with Crippen LogP contribution in [0.25, 0.3) is 22.3 Å². The number of hydrogen-bond acceptors (Lipinski definition) is 6. The van der Waals surface area contributed by atoms with E-state index >= 15 is 0 Å². The molecule has 6 nitrogen and oxygen atoms in total. The first-order chi connectivity index (χ1) is 13.0.